The Morgan fingerprint density at radius 1 is 1.10 bits per heavy atom. The molecule has 0 aliphatic heterocycles. The van der Waals surface area contributed by atoms with Gasteiger partial charge in [0.2, 0.25) is 0 Å². The highest BCUT2D eigenvalue weighted by molar-refractivity contribution is 5.75. The molecule has 2 aromatic rings. The van der Waals surface area contributed by atoms with Crippen LogP contribution < -0.4 is 0 Å². The molecule has 104 valence electrons. The van der Waals surface area contributed by atoms with Gasteiger partial charge in [0.05, 0.1) is 12.1 Å². The van der Waals surface area contributed by atoms with Crippen molar-refractivity contribution in [3.63, 3.8) is 0 Å². The molecule has 1 aromatic heterocycles. The van der Waals surface area contributed by atoms with E-state index in [1.807, 2.05) is 0 Å². The fourth-order valence-corrected chi connectivity index (χ4v) is 1.80. The molecule has 1 N–H and O–H groups in total. The minimum atomic E-state index is -4.56. The minimum absolute atomic E-state index is 0.0443. The summed E-state index contributed by atoms with van der Waals surface area (Å²) in [6, 6.07) is 10.2. The van der Waals surface area contributed by atoms with Crippen LogP contribution in [0.1, 0.15) is 11.3 Å². The summed E-state index contributed by atoms with van der Waals surface area (Å²) in [4.78, 5) is 14.4. The second kappa shape index (κ2) is 5.32. The van der Waals surface area contributed by atoms with E-state index in [-0.39, 0.29) is 17.7 Å². The van der Waals surface area contributed by atoms with Gasteiger partial charge in [-0.1, -0.05) is 36.4 Å². The molecule has 0 saturated heterocycles. The summed E-state index contributed by atoms with van der Waals surface area (Å²) < 4.78 is 38.1. The molecule has 3 nitrogen and oxygen atoms in total. The monoisotopic (exact) mass is 281 g/mol. The standard InChI is InChI=1S/C14H10F3NO2/c15-14(16,17)11-7-6-10(8-12(19)20)13(18-11)9-4-2-1-3-5-9/h1-7H,8H2,(H,19,20). The summed E-state index contributed by atoms with van der Waals surface area (Å²) in [5, 5.41) is 8.82. The molecule has 0 amide bonds. The van der Waals surface area contributed by atoms with Crippen LogP contribution in [-0.2, 0) is 17.4 Å². The van der Waals surface area contributed by atoms with E-state index in [1.54, 1.807) is 30.3 Å². The fourth-order valence-electron chi connectivity index (χ4n) is 1.80. The zero-order valence-electron chi connectivity index (χ0n) is 10.2. The largest absolute Gasteiger partial charge is 0.481 e. The van der Waals surface area contributed by atoms with Gasteiger partial charge in [-0.2, -0.15) is 13.2 Å². The Labute approximate surface area is 112 Å². The zero-order chi connectivity index (χ0) is 14.8. The number of benzene rings is 1. The van der Waals surface area contributed by atoms with Gasteiger partial charge in [0.25, 0.3) is 0 Å². The highest BCUT2D eigenvalue weighted by atomic mass is 19.4. The quantitative estimate of drug-likeness (QED) is 0.938. The third-order valence-electron chi connectivity index (χ3n) is 2.66. The van der Waals surface area contributed by atoms with Crippen LogP contribution in [0.25, 0.3) is 11.3 Å². The van der Waals surface area contributed by atoms with Gasteiger partial charge in [-0.25, -0.2) is 4.98 Å². The van der Waals surface area contributed by atoms with Crippen LogP contribution in [0.15, 0.2) is 42.5 Å². The topological polar surface area (TPSA) is 50.2 Å². The molecule has 0 aliphatic carbocycles. The van der Waals surface area contributed by atoms with Crippen molar-refractivity contribution in [3.05, 3.63) is 53.7 Å². The van der Waals surface area contributed by atoms with Gasteiger partial charge in [0.1, 0.15) is 5.69 Å². The predicted molar refractivity (Wildman–Crippen MR) is 66.0 cm³/mol. The van der Waals surface area contributed by atoms with E-state index in [9.17, 15) is 18.0 Å². The van der Waals surface area contributed by atoms with E-state index in [1.165, 1.54) is 0 Å². The lowest BCUT2D eigenvalue weighted by atomic mass is 10.0. The number of aliphatic carboxylic acids is 1. The number of alkyl halides is 3. The number of halogens is 3. The Hall–Kier alpha value is -2.37. The molecule has 2 rings (SSSR count). The smallest absolute Gasteiger partial charge is 0.433 e. The number of pyridine rings is 1. The predicted octanol–water partition coefficient (Wildman–Crippen LogP) is 3.39. The average molecular weight is 281 g/mol. The first-order chi connectivity index (χ1) is 9.38. The first-order valence-electron chi connectivity index (χ1n) is 5.72. The Kier molecular flexibility index (Phi) is 3.74. The molecular formula is C14H10F3NO2. The van der Waals surface area contributed by atoms with Crippen LogP contribution in [0.2, 0.25) is 0 Å². The molecule has 0 fully saturated rings. The SMILES string of the molecule is O=C(O)Cc1ccc(C(F)(F)F)nc1-c1ccccc1. The fraction of sp³-hybridized carbons (Fsp3) is 0.143. The molecule has 0 unspecified atom stereocenters. The maximum atomic E-state index is 12.7. The van der Waals surface area contributed by atoms with E-state index in [0.717, 1.165) is 12.1 Å². The lowest BCUT2D eigenvalue weighted by Gasteiger charge is -2.11. The van der Waals surface area contributed by atoms with Gasteiger partial charge in [0, 0.05) is 5.56 Å². The minimum Gasteiger partial charge on any atom is -0.481 e. The lowest BCUT2D eigenvalue weighted by Crippen LogP contribution is -2.11. The van der Waals surface area contributed by atoms with Crippen molar-refractivity contribution in [1.29, 1.82) is 0 Å². The molecule has 0 saturated carbocycles. The van der Waals surface area contributed by atoms with E-state index >= 15 is 0 Å². The van der Waals surface area contributed by atoms with Crippen molar-refractivity contribution in [2.75, 3.05) is 0 Å². The van der Waals surface area contributed by atoms with Gasteiger partial charge in [-0.3, -0.25) is 4.79 Å². The highest BCUT2D eigenvalue weighted by Gasteiger charge is 2.33. The van der Waals surface area contributed by atoms with E-state index in [4.69, 9.17) is 5.11 Å². The summed E-state index contributed by atoms with van der Waals surface area (Å²) in [7, 11) is 0. The second-order valence-electron chi connectivity index (χ2n) is 4.14. The van der Waals surface area contributed by atoms with Gasteiger partial charge in [0.15, 0.2) is 0 Å². The Balaban J connectivity index is 2.57. The third-order valence-corrected chi connectivity index (χ3v) is 2.66. The molecule has 20 heavy (non-hydrogen) atoms. The van der Waals surface area contributed by atoms with E-state index in [0.29, 0.717) is 5.56 Å². The highest BCUT2D eigenvalue weighted by Crippen LogP contribution is 2.31. The van der Waals surface area contributed by atoms with Crippen molar-refractivity contribution in [3.8, 4) is 11.3 Å². The van der Waals surface area contributed by atoms with E-state index in [2.05, 4.69) is 4.98 Å². The van der Waals surface area contributed by atoms with Crippen LogP contribution in [0, 0.1) is 0 Å². The zero-order valence-corrected chi connectivity index (χ0v) is 10.2. The van der Waals surface area contributed by atoms with Crippen molar-refractivity contribution < 1.29 is 23.1 Å². The number of rotatable bonds is 3. The normalized spacial score (nSPS) is 11.3. The number of carboxylic acid groups (broad SMARTS) is 1. The number of nitrogens with zero attached hydrogens (tertiary/aromatic N) is 1. The third kappa shape index (κ3) is 3.14. The number of hydrogen-bond acceptors (Lipinski definition) is 2. The first-order valence-corrected chi connectivity index (χ1v) is 5.72. The Bertz CT molecular complexity index is 624. The molecule has 0 spiro atoms. The Morgan fingerprint density at radius 2 is 1.75 bits per heavy atom. The molecular weight excluding hydrogens is 271 g/mol. The van der Waals surface area contributed by atoms with Crippen molar-refractivity contribution in [1.82, 2.24) is 4.98 Å². The maximum Gasteiger partial charge on any atom is 0.433 e. The Morgan fingerprint density at radius 3 is 2.30 bits per heavy atom. The van der Waals surface area contributed by atoms with Gasteiger partial charge >= 0.3 is 12.1 Å². The summed E-state index contributed by atoms with van der Waals surface area (Å²) in [6.45, 7) is 0. The van der Waals surface area contributed by atoms with Gasteiger partial charge in [-0.05, 0) is 11.6 Å². The van der Waals surface area contributed by atoms with Gasteiger partial charge < -0.3 is 5.11 Å². The van der Waals surface area contributed by atoms with Crippen molar-refractivity contribution in [2.24, 2.45) is 0 Å². The molecule has 6 heteroatoms. The molecule has 0 radical (unpaired) electrons. The summed E-state index contributed by atoms with van der Waals surface area (Å²) in [5.74, 6) is -1.12. The lowest BCUT2D eigenvalue weighted by molar-refractivity contribution is -0.141. The van der Waals surface area contributed by atoms with Crippen LogP contribution in [0.4, 0.5) is 13.2 Å². The number of carboxylic acids is 1. The molecule has 0 bridgehead atoms. The number of hydrogen-bond donors (Lipinski definition) is 1. The molecule has 1 heterocycles. The molecule has 0 atom stereocenters. The van der Waals surface area contributed by atoms with Crippen LogP contribution >= 0.6 is 0 Å². The molecule has 1 aromatic carbocycles. The van der Waals surface area contributed by atoms with Gasteiger partial charge in [-0.15, -0.1) is 0 Å². The number of carbonyl (C=O) groups is 1. The molecule has 0 aliphatic rings. The first kappa shape index (κ1) is 14.0. The van der Waals surface area contributed by atoms with Crippen molar-refractivity contribution in [2.45, 2.75) is 12.6 Å². The summed E-state index contributed by atoms with van der Waals surface area (Å²) in [6.07, 6.45) is -4.94. The van der Waals surface area contributed by atoms with E-state index < -0.39 is 17.8 Å². The van der Waals surface area contributed by atoms with Crippen molar-refractivity contribution >= 4 is 5.97 Å². The summed E-state index contributed by atoms with van der Waals surface area (Å²) >= 11 is 0. The average Bonchev–Trinajstić information content (AvgIpc) is 2.38. The van der Waals surface area contributed by atoms with Crippen LogP contribution in [-0.4, -0.2) is 16.1 Å². The van der Waals surface area contributed by atoms with Crippen LogP contribution in [0.5, 0.6) is 0 Å². The number of aromatic nitrogens is 1. The van der Waals surface area contributed by atoms with Crippen LogP contribution in [0.3, 0.4) is 0 Å². The maximum absolute atomic E-state index is 12.7. The second-order valence-corrected chi connectivity index (χ2v) is 4.14. The summed E-state index contributed by atoms with van der Waals surface area (Å²) in [5.41, 5.74) is -0.292.